The van der Waals surface area contributed by atoms with E-state index >= 15 is 0 Å². The molecule has 172 valence electrons. The van der Waals surface area contributed by atoms with E-state index in [0.29, 0.717) is 6.42 Å². The molecule has 11 heteroatoms. The number of aliphatic carboxylic acids is 2. The third kappa shape index (κ3) is 9.76. The van der Waals surface area contributed by atoms with Crippen molar-refractivity contribution in [2.75, 3.05) is 6.16 Å². The minimum Gasteiger partial charge on any atom is -0.481 e. The zero-order valence-corrected chi connectivity index (χ0v) is 18.4. The number of hydrogen-bond donors (Lipinski definition) is 5. The maximum atomic E-state index is 12.8. The van der Waals surface area contributed by atoms with Crippen LogP contribution in [0.5, 0.6) is 0 Å². The number of amides is 2. The van der Waals surface area contributed by atoms with Crippen LogP contribution >= 0.6 is 7.37 Å². The molecule has 0 aliphatic heterocycles. The zero-order valence-electron chi connectivity index (χ0n) is 17.5. The first kappa shape index (κ1) is 26.3. The smallest absolute Gasteiger partial charge is 0.307 e. The minimum atomic E-state index is -4.12. The fourth-order valence-electron chi connectivity index (χ4n) is 2.94. The summed E-state index contributed by atoms with van der Waals surface area (Å²) in [5, 5.41) is 22.9. The molecule has 1 rings (SSSR count). The van der Waals surface area contributed by atoms with E-state index in [0.717, 1.165) is 12.5 Å². The molecule has 0 saturated heterocycles. The first-order valence-electron chi connectivity index (χ1n) is 9.80. The molecule has 0 aromatic heterocycles. The van der Waals surface area contributed by atoms with Crippen LogP contribution in [0, 0.1) is 5.92 Å². The van der Waals surface area contributed by atoms with Crippen molar-refractivity contribution in [1.29, 1.82) is 0 Å². The zero-order chi connectivity index (χ0) is 23.6. The Morgan fingerprint density at radius 2 is 1.65 bits per heavy atom. The summed E-state index contributed by atoms with van der Waals surface area (Å²) in [6.07, 6.45) is -0.547. The number of benzene rings is 1. The van der Waals surface area contributed by atoms with E-state index in [-0.39, 0.29) is 19.3 Å². The van der Waals surface area contributed by atoms with E-state index in [2.05, 4.69) is 10.6 Å². The Bertz CT molecular complexity index is 830. The summed E-state index contributed by atoms with van der Waals surface area (Å²) in [6, 6.07) is 7.93. The molecule has 0 aliphatic carbocycles. The second-order valence-electron chi connectivity index (χ2n) is 7.37. The summed E-state index contributed by atoms with van der Waals surface area (Å²) < 4.78 is 12.8. The highest BCUT2D eigenvalue weighted by atomic mass is 31.2. The van der Waals surface area contributed by atoms with Crippen LogP contribution in [-0.2, 0) is 30.2 Å². The molecule has 0 fully saturated rings. The number of carbonyl (C=O) groups excluding carboxylic acids is 2. The average molecular weight is 456 g/mol. The number of carboxylic acid groups (broad SMARTS) is 2. The van der Waals surface area contributed by atoms with E-state index in [1.807, 2.05) is 30.3 Å². The molecule has 1 aromatic rings. The molecule has 0 aliphatic rings. The molecule has 2 amide bonds. The van der Waals surface area contributed by atoms with Gasteiger partial charge < -0.3 is 25.7 Å². The van der Waals surface area contributed by atoms with Crippen molar-refractivity contribution in [3.8, 4) is 0 Å². The Morgan fingerprint density at radius 1 is 1.03 bits per heavy atom. The first-order valence-corrected chi connectivity index (χ1v) is 11.7. The number of nitrogens with one attached hydrogen (secondary N) is 2. The molecule has 0 saturated carbocycles. The lowest BCUT2D eigenvalue weighted by molar-refractivity contribution is -0.141. The van der Waals surface area contributed by atoms with E-state index in [1.54, 1.807) is 0 Å². The highest BCUT2D eigenvalue weighted by molar-refractivity contribution is 7.58. The molecule has 1 unspecified atom stereocenters. The van der Waals surface area contributed by atoms with Crippen LogP contribution in [0.2, 0.25) is 0 Å². The van der Waals surface area contributed by atoms with E-state index in [9.17, 15) is 33.7 Å². The van der Waals surface area contributed by atoms with Gasteiger partial charge in [0.1, 0.15) is 11.8 Å². The fraction of sp³-hybridized carbons (Fsp3) is 0.500. The average Bonchev–Trinajstić information content (AvgIpc) is 2.68. The Labute approximate surface area is 180 Å². The van der Waals surface area contributed by atoms with Gasteiger partial charge in [0, 0.05) is 19.5 Å². The number of rotatable bonds is 13. The van der Waals surface area contributed by atoms with Gasteiger partial charge in [-0.3, -0.25) is 23.7 Å². The van der Waals surface area contributed by atoms with Gasteiger partial charge in [0.15, 0.2) is 0 Å². The van der Waals surface area contributed by atoms with Gasteiger partial charge in [0.25, 0.3) is 0 Å². The van der Waals surface area contributed by atoms with Gasteiger partial charge in [-0.15, -0.1) is 0 Å². The highest BCUT2D eigenvalue weighted by Crippen LogP contribution is 2.47. The SMILES string of the molecule is CC(=O)N[C@@H](CCC(=O)O)C(=O)N[C@@H](C)P(=O)(O)C[C@@H](CCc1ccccc1)C(=O)O. The maximum Gasteiger partial charge on any atom is 0.307 e. The first-order chi connectivity index (χ1) is 14.4. The van der Waals surface area contributed by atoms with E-state index < -0.39 is 55.0 Å². The van der Waals surface area contributed by atoms with Gasteiger partial charge in [0.05, 0.1) is 5.92 Å². The predicted octanol–water partition coefficient (Wildman–Crippen LogP) is 1.42. The van der Waals surface area contributed by atoms with Gasteiger partial charge in [-0.05, 0) is 31.7 Å². The lowest BCUT2D eigenvalue weighted by Crippen LogP contribution is -2.49. The molecular weight excluding hydrogens is 427 g/mol. The molecule has 0 heterocycles. The van der Waals surface area contributed by atoms with Crippen molar-refractivity contribution in [3.63, 3.8) is 0 Å². The van der Waals surface area contributed by atoms with Crippen molar-refractivity contribution in [3.05, 3.63) is 35.9 Å². The topological polar surface area (TPSA) is 170 Å². The van der Waals surface area contributed by atoms with Crippen LogP contribution in [0.1, 0.15) is 38.7 Å². The van der Waals surface area contributed by atoms with Crippen molar-refractivity contribution in [1.82, 2.24) is 10.6 Å². The van der Waals surface area contributed by atoms with Crippen LogP contribution in [0.25, 0.3) is 0 Å². The van der Waals surface area contributed by atoms with Gasteiger partial charge in [0.2, 0.25) is 19.2 Å². The summed E-state index contributed by atoms with van der Waals surface area (Å²) in [5.41, 5.74) is 0.902. The van der Waals surface area contributed by atoms with Gasteiger partial charge >= 0.3 is 11.9 Å². The Hall–Kier alpha value is -2.71. The molecule has 31 heavy (non-hydrogen) atoms. The van der Waals surface area contributed by atoms with Crippen LogP contribution in [0.15, 0.2) is 30.3 Å². The van der Waals surface area contributed by atoms with Gasteiger partial charge in [-0.25, -0.2) is 0 Å². The second kappa shape index (κ2) is 12.2. The van der Waals surface area contributed by atoms with E-state index in [1.165, 1.54) is 6.92 Å². The molecule has 5 N–H and O–H groups in total. The van der Waals surface area contributed by atoms with Crippen LogP contribution in [0.3, 0.4) is 0 Å². The predicted molar refractivity (Wildman–Crippen MR) is 113 cm³/mol. The van der Waals surface area contributed by atoms with Crippen molar-refractivity contribution in [2.24, 2.45) is 5.92 Å². The number of aryl methyl sites for hydroxylation is 1. The van der Waals surface area contributed by atoms with Crippen molar-refractivity contribution >= 4 is 31.1 Å². The maximum absolute atomic E-state index is 12.8. The minimum absolute atomic E-state index is 0.150. The standard InChI is InChI=1S/C20H29N2O8P/c1-13(23)21-17(10-11-18(24)25)19(26)22-14(2)31(29,30)12-16(20(27)28)9-8-15-6-4-3-5-7-15/h3-7,14,16-17H,8-12H2,1-2H3,(H,21,23)(H,22,26)(H,24,25)(H,27,28)(H,29,30)/t14-,16-,17+/m1/s1. The summed E-state index contributed by atoms with van der Waals surface area (Å²) in [5.74, 6) is -6.10. The highest BCUT2D eigenvalue weighted by Gasteiger charge is 2.35. The van der Waals surface area contributed by atoms with Crippen LogP contribution in [-0.4, -0.2) is 56.8 Å². The number of carboxylic acids is 2. The normalized spacial score (nSPS) is 15.7. The summed E-state index contributed by atoms with van der Waals surface area (Å²) in [4.78, 5) is 56.5. The Kier molecular flexibility index (Phi) is 10.4. The summed E-state index contributed by atoms with van der Waals surface area (Å²) in [7, 11) is -4.12. The fourth-order valence-corrected chi connectivity index (χ4v) is 4.56. The monoisotopic (exact) mass is 456 g/mol. The summed E-state index contributed by atoms with van der Waals surface area (Å²) in [6.45, 7) is 2.43. The Balaban J connectivity index is 2.78. The molecule has 1 aromatic carbocycles. The molecule has 0 radical (unpaired) electrons. The lowest BCUT2D eigenvalue weighted by Gasteiger charge is -2.25. The Morgan fingerprint density at radius 3 is 2.16 bits per heavy atom. The van der Waals surface area contributed by atoms with E-state index in [4.69, 9.17) is 5.11 Å². The van der Waals surface area contributed by atoms with Crippen LogP contribution in [0.4, 0.5) is 0 Å². The quantitative estimate of drug-likeness (QED) is 0.277. The van der Waals surface area contributed by atoms with Gasteiger partial charge in [-0.1, -0.05) is 30.3 Å². The third-order valence-electron chi connectivity index (χ3n) is 4.75. The summed E-state index contributed by atoms with van der Waals surface area (Å²) >= 11 is 0. The molecule has 0 bridgehead atoms. The number of carbonyl (C=O) groups is 4. The van der Waals surface area contributed by atoms with Crippen molar-refractivity contribution in [2.45, 2.75) is 51.4 Å². The molecular formula is C20H29N2O8P. The molecule has 0 spiro atoms. The third-order valence-corrected chi connectivity index (χ3v) is 7.06. The van der Waals surface area contributed by atoms with Gasteiger partial charge in [-0.2, -0.15) is 0 Å². The molecule has 10 nitrogen and oxygen atoms in total. The van der Waals surface area contributed by atoms with Crippen molar-refractivity contribution < 1.29 is 38.8 Å². The second-order valence-corrected chi connectivity index (χ2v) is 10.0. The largest absolute Gasteiger partial charge is 0.481 e. The number of hydrogen-bond acceptors (Lipinski definition) is 5. The molecule has 4 atom stereocenters. The van der Waals surface area contributed by atoms with Crippen LogP contribution < -0.4 is 10.6 Å². The lowest BCUT2D eigenvalue weighted by atomic mass is 10.0.